The predicted octanol–water partition coefficient (Wildman–Crippen LogP) is 2.88. The van der Waals surface area contributed by atoms with Gasteiger partial charge in [-0.05, 0) is 76.6 Å². The third-order valence-corrected chi connectivity index (χ3v) is 4.46. The Hall–Kier alpha value is -0.140. The topological polar surface area (TPSA) is 32.3 Å². The summed E-state index contributed by atoms with van der Waals surface area (Å²) in [6, 6.07) is 6.52. The maximum atomic E-state index is 12.0. The van der Waals surface area contributed by atoms with E-state index in [4.69, 9.17) is 0 Å². The van der Waals surface area contributed by atoms with Crippen molar-refractivity contribution in [2.75, 3.05) is 20.1 Å². The Bertz CT molecular complexity index is 449. The summed E-state index contributed by atoms with van der Waals surface area (Å²) in [6.07, 6.45) is 2.60. The van der Waals surface area contributed by atoms with Crippen LogP contribution in [0.15, 0.2) is 22.7 Å². The maximum Gasteiger partial charge on any atom is 0.252 e. The number of nitrogens with one attached hydrogen (secondary N) is 1. The van der Waals surface area contributed by atoms with Crippen LogP contribution in [0.2, 0.25) is 0 Å². The first kappa shape index (κ1) is 14.3. The van der Waals surface area contributed by atoms with Gasteiger partial charge in [-0.15, -0.1) is 0 Å². The molecule has 1 aromatic rings. The van der Waals surface area contributed by atoms with E-state index < -0.39 is 0 Å². The van der Waals surface area contributed by atoms with E-state index in [2.05, 4.69) is 55.8 Å². The van der Waals surface area contributed by atoms with Gasteiger partial charge in [0.2, 0.25) is 0 Å². The van der Waals surface area contributed by atoms with E-state index >= 15 is 0 Å². The van der Waals surface area contributed by atoms with Crippen LogP contribution in [0.1, 0.15) is 23.2 Å². The minimum Gasteiger partial charge on any atom is -0.351 e. The fraction of sp³-hybridized carbons (Fsp3) is 0.462. The number of hydrogen-bond donors (Lipinski definition) is 1. The largest absolute Gasteiger partial charge is 0.351 e. The molecular formula is C13H16BrIN2O. The quantitative estimate of drug-likeness (QED) is 0.740. The first-order valence-electron chi connectivity index (χ1n) is 6.01. The molecule has 1 fully saturated rings. The summed E-state index contributed by atoms with van der Waals surface area (Å²) in [6.45, 7) is 1.61. The molecule has 18 heavy (non-hydrogen) atoms. The molecular weight excluding hydrogens is 407 g/mol. The van der Waals surface area contributed by atoms with E-state index in [1.807, 2.05) is 18.2 Å². The van der Waals surface area contributed by atoms with E-state index in [0.717, 1.165) is 20.6 Å². The molecule has 1 N–H and O–H groups in total. The summed E-state index contributed by atoms with van der Waals surface area (Å²) in [5.41, 5.74) is 0.705. The van der Waals surface area contributed by atoms with Gasteiger partial charge in [0, 0.05) is 27.2 Å². The van der Waals surface area contributed by atoms with Gasteiger partial charge >= 0.3 is 0 Å². The Labute approximate surface area is 130 Å². The van der Waals surface area contributed by atoms with Gasteiger partial charge in [-0.25, -0.2) is 0 Å². The number of likely N-dealkylation sites (N-methyl/N-ethyl adjacent to an activating group) is 1. The van der Waals surface area contributed by atoms with Crippen LogP contribution >= 0.6 is 38.5 Å². The Morgan fingerprint density at radius 1 is 1.56 bits per heavy atom. The molecule has 1 aliphatic carbocycles. The van der Waals surface area contributed by atoms with E-state index in [-0.39, 0.29) is 5.91 Å². The van der Waals surface area contributed by atoms with Crippen LogP contribution in [0.25, 0.3) is 0 Å². The van der Waals surface area contributed by atoms with Crippen LogP contribution in [0.4, 0.5) is 0 Å². The molecule has 0 bridgehead atoms. The zero-order valence-electron chi connectivity index (χ0n) is 10.2. The lowest BCUT2D eigenvalue weighted by Gasteiger charge is -2.16. The number of hydrogen-bond acceptors (Lipinski definition) is 2. The summed E-state index contributed by atoms with van der Waals surface area (Å²) >= 11 is 5.62. The van der Waals surface area contributed by atoms with E-state index in [1.54, 1.807) is 0 Å². The molecule has 0 spiro atoms. The molecule has 1 aliphatic rings. The second kappa shape index (κ2) is 6.34. The van der Waals surface area contributed by atoms with Crippen LogP contribution in [0.5, 0.6) is 0 Å². The molecule has 0 atom stereocenters. The fourth-order valence-electron chi connectivity index (χ4n) is 1.81. The number of halogens is 2. The number of benzene rings is 1. The smallest absolute Gasteiger partial charge is 0.252 e. The lowest BCUT2D eigenvalue weighted by molar-refractivity contribution is 0.0948. The number of rotatable bonds is 5. The van der Waals surface area contributed by atoms with Gasteiger partial charge in [-0.2, -0.15) is 0 Å². The normalized spacial score (nSPS) is 14.9. The molecule has 0 heterocycles. The third-order valence-electron chi connectivity index (χ3n) is 3.09. The number of amides is 1. The summed E-state index contributed by atoms with van der Waals surface area (Å²) in [5, 5.41) is 2.97. The van der Waals surface area contributed by atoms with Crippen LogP contribution < -0.4 is 5.32 Å². The van der Waals surface area contributed by atoms with Crippen molar-refractivity contribution < 1.29 is 4.79 Å². The third kappa shape index (κ3) is 3.93. The highest BCUT2D eigenvalue weighted by molar-refractivity contribution is 14.1. The van der Waals surface area contributed by atoms with E-state index in [9.17, 15) is 4.79 Å². The van der Waals surface area contributed by atoms with E-state index in [0.29, 0.717) is 12.1 Å². The van der Waals surface area contributed by atoms with Crippen molar-refractivity contribution in [1.29, 1.82) is 0 Å². The van der Waals surface area contributed by atoms with Gasteiger partial charge < -0.3 is 10.2 Å². The Balaban J connectivity index is 1.85. The van der Waals surface area contributed by atoms with Gasteiger partial charge in [0.05, 0.1) is 5.56 Å². The van der Waals surface area contributed by atoms with Gasteiger partial charge in [0.15, 0.2) is 0 Å². The van der Waals surface area contributed by atoms with E-state index in [1.165, 1.54) is 12.8 Å². The Morgan fingerprint density at radius 3 is 2.94 bits per heavy atom. The Morgan fingerprint density at radius 2 is 2.28 bits per heavy atom. The molecule has 0 unspecified atom stereocenters. The lowest BCUT2D eigenvalue weighted by Crippen LogP contribution is -2.34. The predicted molar refractivity (Wildman–Crippen MR) is 84.8 cm³/mol. The molecule has 98 valence electrons. The number of nitrogens with zero attached hydrogens (tertiary/aromatic N) is 1. The zero-order valence-corrected chi connectivity index (χ0v) is 14.0. The molecule has 0 radical (unpaired) electrons. The fourth-order valence-corrected chi connectivity index (χ4v) is 2.73. The minimum atomic E-state index is -0.00964. The summed E-state index contributed by atoms with van der Waals surface area (Å²) in [5.74, 6) is -0.00964. The summed E-state index contributed by atoms with van der Waals surface area (Å²) in [4.78, 5) is 14.3. The second-order valence-corrected chi connectivity index (χ2v) is 6.69. The average molecular weight is 423 g/mol. The molecule has 0 aliphatic heterocycles. The van der Waals surface area contributed by atoms with Crippen molar-refractivity contribution in [3.05, 3.63) is 31.8 Å². The summed E-state index contributed by atoms with van der Waals surface area (Å²) < 4.78 is 1.91. The number of carbonyl (C=O) groups is 1. The van der Waals surface area contributed by atoms with Crippen molar-refractivity contribution in [3.63, 3.8) is 0 Å². The molecule has 0 saturated heterocycles. The average Bonchev–Trinajstić information content (AvgIpc) is 3.16. The van der Waals surface area contributed by atoms with Crippen molar-refractivity contribution in [2.45, 2.75) is 18.9 Å². The van der Waals surface area contributed by atoms with Gasteiger partial charge in [0.25, 0.3) is 5.91 Å². The molecule has 0 aromatic heterocycles. The second-order valence-electron chi connectivity index (χ2n) is 4.59. The SMILES string of the molecule is CN(CCNC(=O)c1cc(I)ccc1Br)C1CC1. The monoisotopic (exact) mass is 422 g/mol. The number of carbonyl (C=O) groups excluding carboxylic acids is 1. The van der Waals surface area contributed by atoms with Crippen molar-refractivity contribution in [1.82, 2.24) is 10.2 Å². The lowest BCUT2D eigenvalue weighted by atomic mass is 10.2. The van der Waals surface area contributed by atoms with Gasteiger partial charge in [0.1, 0.15) is 0 Å². The molecule has 1 saturated carbocycles. The zero-order chi connectivity index (χ0) is 13.1. The van der Waals surface area contributed by atoms with Crippen LogP contribution in [0, 0.1) is 3.57 Å². The van der Waals surface area contributed by atoms with Crippen LogP contribution in [0.3, 0.4) is 0 Å². The molecule has 3 nitrogen and oxygen atoms in total. The molecule has 1 aromatic carbocycles. The maximum absolute atomic E-state index is 12.0. The van der Waals surface area contributed by atoms with Crippen molar-refractivity contribution in [3.8, 4) is 0 Å². The molecule has 1 amide bonds. The van der Waals surface area contributed by atoms with Crippen LogP contribution in [-0.2, 0) is 0 Å². The highest BCUT2D eigenvalue weighted by atomic mass is 127. The van der Waals surface area contributed by atoms with Crippen LogP contribution in [-0.4, -0.2) is 37.0 Å². The highest BCUT2D eigenvalue weighted by Crippen LogP contribution is 2.24. The van der Waals surface area contributed by atoms with Gasteiger partial charge in [-0.1, -0.05) is 0 Å². The van der Waals surface area contributed by atoms with Crippen molar-refractivity contribution >= 4 is 44.4 Å². The molecule has 2 rings (SSSR count). The Kier molecular flexibility index (Phi) is 5.03. The standard InChI is InChI=1S/C13H16BrIN2O/c1-17(10-3-4-10)7-6-16-13(18)11-8-9(15)2-5-12(11)14/h2,5,8,10H,3-4,6-7H2,1H3,(H,16,18). The minimum absolute atomic E-state index is 0.00964. The van der Waals surface area contributed by atoms with Crippen molar-refractivity contribution in [2.24, 2.45) is 0 Å². The first-order valence-corrected chi connectivity index (χ1v) is 7.88. The first-order chi connectivity index (χ1) is 8.58. The summed E-state index contributed by atoms with van der Waals surface area (Å²) in [7, 11) is 2.12. The molecule has 5 heteroatoms. The highest BCUT2D eigenvalue weighted by Gasteiger charge is 2.25. The van der Waals surface area contributed by atoms with Gasteiger partial charge in [-0.3, -0.25) is 4.79 Å².